The van der Waals surface area contributed by atoms with Gasteiger partial charge in [0, 0.05) is 0 Å². The van der Waals surface area contributed by atoms with Crippen LogP contribution in [0.2, 0.25) is 0 Å². The fraction of sp³-hybridized carbons (Fsp3) is 0.865. The molecule has 48 heavy (non-hydrogen) atoms. The van der Waals surface area contributed by atoms with E-state index in [4.69, 9.17) is 9.47 Å². The van der Waals surface area contributed by atoms with Gasteiger partial charge in [0.2, 0.25) is 5.91 Å². The van der Waals surface area contributed by atoms with Crippen LogP contribution in [-0.2, 0) is 14.3 Å². The zero-order chi connectivity index (χ0) is 35.6. The average molecular weight is 688 g/mol. The molecule has 11 nitrogen and oxygen atoms in total. The summed E-state index contributed by atoms with van der Waals surface area (Å²) >= 11 is 0. The van der Waals surface area contributed by atoms with E-state index in [0.717, 1.165) is 32.1 Å². The van der Waals surface area contributed by atoms with Crippen molar-refractivity contribution < 1.29 is 50.0 Å². The van der Waals surface area contributed by atoms with Crippen molar-refractivity contribution in [2.75, 3.05) is 13.2 Å². The summed E-state index contributed by atoms with van der Waals surface area (Å²) in [5, 5.41) is 74.9. The largest absolute Gasteiger partial charge is 0.394 e. The van der Waals surface area contributed by atoms with Crippen molar-refractivity contribution in [1.29, 1.82) is 0 Å². The predicted molar refractivity (Wildman–Crippen MR) is 187 cm³/mol. The smallest absolute Gasteiger partial charge is 0.249 e. The van der Waals surface area contributed by atoms with Crippen molar-refractivity contribution in [3.05, 3.63) is 24.3 Å². The quantitative estimate of drug-likeness (QED) is 0.0423. The van der Waals surface area contributed by atoms with Crippen LogP contribution in [0.25, 0.3) is 0 Å². The second kappa shape index (κ2) is 28.3. The average Bonchev–Trinajstić information content (AvgIpc) is 3.08. The third-order valence-corrected chi connectivity index (χ3v) is 8.98. The van der Waals surface area contributed by atoms with Crippen LogP contribution < -0.4 is 5.32 Å². The topological polar surface area (TPSA) is 189 Å². The fourth-order valence-corrected chi connectivity index (χ4v) is 5.73. The Hall–Kier alpha value is -1.41. The SMILES string of the molecule is CCCCCC/C=C\CCC(O)C(=O)NC(COC1OC(CO)C(O)C(O)C1O)C(O)C(O)CCC/C=C/CCCCCCCCCC. The predicted octanol–water partition coefficient (Wildman–Crippen LogP) is 3.93. The number of carbonyl (C=O) groups excluding carboxylic acids is 1. The van der Waals surface area contributed by atoms with Crippen molar-refractivity contribution in [2.24, 2.45) is 0 Å². The van der Waals surface area contributed by atoms with Gasteiger partial charge in [-0.2, -0.15) is 0 Å². The molecule has 8 N–H and O–H groups in total. The van der Waals surface area contributed by atoms with E-state index in [2.05, 4.69) is 31.3 Å². The lowest BCUT2D eigenvalue weighted by molar-refractivity contribution is -0.303. The highest BCUT2D eigenvalue weighted by Gasteiger charge is 2.44. The van der Waals surface area contributed by atoms with E-state index in [-0.39, 0.29) is 12.8 Å². The minimum Gasteiger partial charge on any atom is -0.394 e. The molecule has 1 heterocycles. The van der Waals surface area contributed by atoms with E-state index in [0.29, 0.717) is 12.8 Å². The molecule has 9 unspecified atom stereocenters. The number of hydrogen-bond acceptors (Lipinski definition) is 10. The zero-order valence-corrected chi connectivity index (χ0v) is 29.7. The first-order valence-corrected chi connectivity index (χ1v) is 18.7. The van der Waals surface area contributed by atoms with E-state index in [9.17, 15) is 40.5 Å². The molecular weight excluding hydrogens is 618 g/mol. The molecule has 0 bridgehead atoms. The maximum atomic E-state index is 12.9. The number of ether oxygens (including phenoxy) is 2. The van der Waals surface area contributed by atoms with Gasteiger partial charge in [-0.3, -0.25) is 4.79 Å². The summed E-state index contributed by atoms with van der Waals surface area (Å²) in [6.07, 6.45) is 15.6. The van der Waals surface area contributed by atoms with Crippen LogP contribution in [0.3, 0.4) is 0 Å². The number of unbranched alkanes of at least 4 members (excludes halogenated alkanes) is 13. The lowest BCUT2D eigenvalue weighted by Gasteiger charge is -2.40. The summed E-state index contributed by atoms with van der Waals surface area (Å²) in [4.78, 5) is 12.9. The molecule has 9 atom stereocenters. The van der Waals surface area contributed by atoms with Gasteiger partial charge in [-0.25, -0.2) is 0 Å². The van der Waals surface area contributed by atoms with E-state index in [1.165, 1.54) is 64.2 Å². The molecule has 0 spiro atoms. The highest BCUT2D eigenvalue weighted by molar-refractivity contribution is 5.80. The number of carbonyl (C=O) groups is 1. The van der Waals surface area contributed by atoms with Crippen LogP contribution in [0.5, 0.6) is 0 Å². The summed E-state index contributed by atoms with van der Waals surface area (Å²) in [5.74, 6) is -0.746. The Balaban J connectivity index is 2.63. The van der Waals surface area contributed by atoms with Gasteiger partial charge in [0.05, 0.1) is 25.4 Å². The Morgan fingerprint density at radius 2 is 1.23 bits per heavy atom. The first kappa shape index (κ1) is 44.6. The molecule has 282 valence electrons. The third kappa shape index (κ3) is 19.1. The van der Waals surface area contributed by atoms with Crippen molar-refractivity contribution in [3.63, 3.8) is 0 Å². The molecule has 1 aliphatic rings. The second-order valence-corrected chi connectivity index (χ2v) is 13.3. The molecule has 0 saturated carbocycles. The molecule has 1 rings (SSSR count). The minimum absolute atomic E-state index is 0.168. The number of hydrogen-bond donors (Lipinski definition) is 8. The minimum atomic E-state index is -1.67. The molecule has 0 aromatic rings. The number of amides is 1. The molecule has 11 heteroatoms. The Morgan fingerprint density at radius 1 is 0.708 bits per heavy atom. The van der Waals surface area contributed by atoms with Gasteiger partial charge < -0.3 is 50.5 Å². The van der Waals surface area contributed by atoms with E-state index < -0.39 is 74.2 Å². The molecule has 0 aromatic heterocycles. The second-order valence-electron chi connectivity index (χ2n) is 13.3. The van der Waals surface area contributed by atoms with Gasteiger partial charge in [-0.05, 0) is 57.8 Å². The van der Waals surface area contributed by atoms with E-state index >= 15 is 0 Å². The molecular formula is C37H69NO10. The van der Waals surface area contributed by atoms with Crippen molar-refractivity contribution in [3.8, 4) is 0 Å². The maximum absolute atomic E-state index is 12.9. The Labute approximate surface area is 289 Å². The summed E-state index contributed by atoms with van der Waals surface area (Å²) in [6, 6.07) is -1.19. The van der Waals surface area contributed by atoms with E-state index in [1.54, 1.807) is 0 Å². The van der Waals surface area contributed by atoms with Gasteiger partial charge >= 0.3 is 0 Å². The van der Waals surface area contributed by atoms with Crippen LogP contribution in [0.15, 0.2) is 24.3 Å². The Bertz CT molecular complexity index is 841. The summed E-state index contributed by atoms with van der Waals surface area (Å²) < 4.78 is 11.0. The Morgan fingerprint density at radius 3 is 1.81 bits per heavy atom. The van der Waals surface area contributed by atoms with Crippen LogP contribution in [0, 0.1) is 0 Å². The van der Waals surface area contributed by atoms with Crippen molar-refractivity contribution in [1.82, 2.24) is 5.32 Å². The Kier molecular flexibility index (Phi) is 26.3. The number of rotatable bonds is 29. The highest BCUT2D eigenvalue weighted by atomic mass is 16.7. The number of aliphatic hydroxyl groups is 7. The van der Waals surface area contributed by atoms with Gasteiger partial charge in [0.25, 0.3) is 0 Å². The van der Waals surface area contributed by atoms with Crippen LogP contribution in [0.1, 0.15) is 136 Å². The molecule has 1 aliphatic heterocycles. The van der Waals surface area contributed by atoms with E-state index in [1.807, 2.05) is 12.2 Å². The maximum Gasteiger partial charge on any atom is 0.249 e. The van der Waals surface area contributed by atoms with Gasteiger partial charge in [0.1, 0.15) is 36.6 Å². The standard InChI is InChI=1S/C37H69NO10/c1-3-5-7-9-11-13-14-15-16-17-19-20-22-24-29(40)32(42)28(27-47-37-35(45)34(44)33(43)31(26-39)48-37)38-36(46)30(41)25-23-21-18-12-10-8-6-4-2/h17-19,21,28-35,37,39-45H,3-16,20,22-27H2,1-2H3,(H,38,46)/b19-17+,21-18-. The first-order valence-electron chi connectivity index (χ1n) is 18.7. The normalized spacial score (nSPS) is 24.2. The molecule has 0 aromatic carbocycles. The number of aliphatic hydroxyl groups excluding tert-OH is 7. The highest BCUT2D eigenvalue weighted by Crippen LogP contribution is 2.23. The third-order valence-electron chi connectivity index (χ3n) is 8.98. The summed E-state index contributed by atoms with van der Waals surface area (Å²) in [7, 11) is 0. The van der Waals surface area contributed by atoms with Crippen LogP contribution >= 0.6 is 0 Å². The van der Waals surface area contributed by atoms with Crippen LogP contribution in [-0.4, -0.2) is 110 Å². The molecule has 1 fully saturated rings. The molecule has 1 saturated heterocycles. The lowest BCUT2D eigenvalue weighted by atomic mass is 9.99. The van der Waals surface area contributed by atoms with Crippen molar-refractivity contribution in [2.45, 2.75) is 191 Å². The number of allylic oxidation sites excluding steroid dienone is 4. The lowest BCUT2D eigenvalue weighted by Crippen LogP contribution is -2.60. The molecule has 1 amide bonds. The molecule has 0 aliphatic carbocycles. The van der Waals surface area contributed by atoms with Gasteiger partial charge in [0.15, 0.2) is 6.29 Å². The number of nitrogens with one attached hydrogen (secondary N) is 1. The fourth-order valence-electron chi connectivity index (χ4n) is 5.73. The summed E-state index contributed by atoms with van der Waals surface area (Å²) in [5.41, 5.74) is 0. The van der Waals surface area contributed by atoms with Gasteiger partial charge in [-0.15, -0.1) is 0 Å². The zero-order valence-electron chi connectivity index (χ0n) is 29.7. The van der Waals surface area contributed by atoms with Gasteiger partial charge in [-0.1, -0.05) is 102 Å². The summed E-state index contributed by atoms with van der Waals surface area (Å²) in [6.45, 7) is 3.30. The molecule has 0 radical (unpaired) electrons. The van der Waals surface area contributed by atoms with Crippen molar-refractivity contribution >= 4 is 5.91 Å². The van der Waals surface area contributed by atoms with Crippen LogP contribution in [0.4, 0.5) is 0 Å². The monoisotopic (exact) mass is 687 g/mol. The first-order chi connectivity index (χ1) is 23.2.